The maximum atomic E-state index is 12.7. The Labute approximate surface area is 151 Å². The van der Waals surface area contributed by atoms with Gasteiger partial charge in [-0.1, -0.05) is 37.0 Å². The van der Waals surface area contributed by atoms with Crippen LogP contribution in [0.15, 0.2) is 0 Å². The van der Waals surface area contributed by atoms with Gasteiger partial charge in [-0.25, -0.2) is 9.09 Å². The Morgan fingerprint density at radius 2 is 1.38 bits per heavy atom. The van der Waals surface area contributed by atoms with E-state index in [4.69, 9.17) is 71.6 Å². The van der Waals surface area contributed by atoms with E-state index in [2.05, 4.69) is 0 Å². The summed E-state index contributed by atoms with van der Waals surface area (Å²) in [5.74, 6) is 0.237. The van der Waals surface area contributed by atoms with E-state index in [1.165, 1.54) is 0 Å². The molecule has 0 rings (SSSR count). The first-order valence-electron chi connectivity index (χ1n) is 6.16. The molecule has 0 saturated carbocycles. The Morgan fingerprint density at radius 3 is 1.67 bits per heavy atom. The molecule has 0 amide bonds. The van der Waals surface area contributed by atoms with Crippen molar-refractivity contribution in [1.82, 2.24) is 0 Å². The van der Waals surface area contributed by atoms with Gasteiger partial charge in [0.1, 0.15) is 0 Å². The van der Waals surface area contributed by atoms with Crippen molar-refractivity contribution in [3.05, 3.63) is 0 Å². The van der Waals surface area contributed by atoms with Crippen LogP contribution in [0.5, 0.6) is 0 Å². The Bertz CT molecular complexity index is 351. The van der Waals surface area contributed by atoms with Crippen LogP contribution in [0, 0.1) is 5.41 Å². The normalized spacial score (nSPS) is 19.1. The van der Waals surface area contributed by atoms with Crippen LogP contribution in [0.25, 0.3) is 0 Å². The Balaban J connectivity index is 5.27. The van der Waals surface area contributed by atoms with Crippen LogP contribution < -0.4 is 0 Å². The molecule has 0 saturated heterocycles. The second kappa shape index (κ2) is 9.15. The summed E-state index contributed by atoms with van der Waals surface area (Å²) < 4.78 is 26.6. The molecular formula is C11H20Cl5O4P. The fourth-order valence-corrected chi connectivity index (χ4v) is 3.87. The Morgan fingerprint density at radius 1 is 1.00 bits per heavy atom. The van der Waals surface area contributed by atoms with Crippen molar-refractivity contribution in [3.8, 4) is 0 Å². The molecule has 0 bridgehead atoms. The third-order valence-corrected chi connectivity index (χ3v) is 7.06. The zero-order chi connectivity index (χ0) is 16.9. The van der Waals surface area contributed by atoms with E-state index < -0.39 is 30.0 Å². The largest absolute Gasteiger partial charge is 0.478 e. The van der Waals surface area contributed by atoms with Gasteiger partial charge < -0.3 is 0 Å². The molecule has 0 fully saturated rings. The molecule has 2 atom stereocenters. The summed E-state index contributed by atoms with van der Waals surface area (Å²) in [6, 6.07) is 0. The average molecular weight is 425 g/mol. The zero-order valence-electron chi connectivity index (χ0n) is 12.2. The fraction of sp³-hybridized carbons (Fsp3) is 1.00. The van der Waals surface area contributed by atoms with Crippen molar-refractivity contribution >= 4 is 65.8 Å². The molecule has 4 nitrogen and oxygen atoms in total. The molecule has 0 aromatic rings. The van der Waals surface area contributed by atoms with Crippen molar-refractivity contribution in [1.29, 1.82) is 0 Å². The second-order valence-corrected chi connectivity index (χ2v) is 8.85. The number of phosphoric ester groups is 1. The van der Waals surface area contributed by atoms with Crippen LogP contribution in [0.2, 0.25) is 0 Å². The summed E-state index contributed by atoms with van der Waals surface area (Å²) >= 11 is 29.4. The van der Waals surface area contributed by atoms with Gasteiger partial charge in [-0.3, -0.25) is 9.05 Å². The van der Waals surface area contributed by atoms with Crippen molar-refractivity contribution in [2.24, 2.45) is 5.41 Å². The number of alkyl halides is 5. The molecule has 2 unspecified atom stereocenters. The van der Waals surface area contributed by atoms with E-state index in [1.807, 2.05) is 0 Å². The number of rotatable bonds is 10. The van der Waals surface area contributed by atoms with Crippen LogP contribution in [-0.2, 0) is 18.1 Å². The smallest absolute Gasteiger partial charge is 0.282 e. The van der Waals surface area contributed by atoms with Crippen LogP contribution in [0.1, 0.15) is 27.7 Å². The lowest BCUT2D eigenvalue weighted by Crippen LogP contribution is -2.38. The van der Waals surface area contributed by atoms with Gasteiger partial charge in [-0.2, -0.15) is 0 Å². The summed E-state index contributed by atoms with van der Waals surface area (Å²) in [7, 11) is -4.09. The fourth-order valence-electron chi connectivity index (χ4n) is 0.907. The SMILES string of the molecule is CC(CCl)OP(=O)(OC(C)CCl)OC(Cl)(Cl)C(C)(C)CCl. The zero-order valence-corrected chi connectivity index (χ0v) is 16.9. The molecule has 10 heteroatoms. The van der Waals surface area contributed by atoms with Gasteiger partial charge in [0.25, 0.3) is 0 Å². The first kappa shape index (κ1) is 22.6. The van der Waals surface area contributed by atoms with E-state index in [9.17, 15) is 4.57 Å². The Hall–Kier alpha value is 1.56. The summed E-state index contributed by atoms with van der Waals surface area (Å²) in [4.78, 5) is 0. The predicted octanol–water partition coefficient (Wildman–Crippen LogP) is 5.80. The highest BCUT2D eigenvalue weighted by Crippen LogP contribution is 2.60. The first-order valence-corrected chi connectivity index (χ1v) is 9.98. The van der Waals surface area contributed by atoms with Crippen LogP contribution in [-0.4, -0.2) is 34.4 Å². The molecule has 0 aliphatic heterocycles. The summed E-state index contributed by atoms with van der Waals surface area (Å²) in [6.07, 6.45) is -1.19. The third-order valence-electron chi connectivity index (χ3n) is 2.40. The van der Waals surface area contributed by atoms with Gasteiger partial charge in [-0.15, -0.1) is 34.8 Å². The maximum absolute atomic E-state index is 12.7. The molecule has 0 aliphatic carbocycles. The van der Waals surface area contributed by atoms with Gasteiger partial charge >= 0.3 is 7.82 Å². The highest BCUT2D eigenvalue weighted by molar-refractivity contribution is 7.48. The van der Waals surface area contributed by atoms with Gasteiger partial charge in [-0.05, 0) is 13.8 Å². The van der Waals surface area contributed by atoms with E-state index in [-0.39, 0.29) is 17.6 Å². The lowest BCUT2D eigenvalue weighted by molar-refractivity contribution is 0.0254. The molecule has 128 valence electrons. The van der Waals surface area contributed by atoms with E-state index in [0.29, 0.717) is 0 Å². The Kier molecular flexibility index (Phi) is 9.83. The molecule has 0 N–H and O–H groups in total. The molecular weight excluding hydrogens is 404 g/mol. The van der Waals surface area contributed by atoms with E-state index >= 15 is 0 Å². The minimum absolute atomic E-state index is 0.0656. The third kappa shape index (κ3) is 7.32. The van der Waals surface area contributed by atoms with Gasteiger partial charge in [0, 0.05) is 23.1 Å². The first-order chi connectivity index (χ1) is 9.43. The average Bonchev–Trinajstić information content (AvgIpc) is 2.36. The van der Waals surface area contributed by atoms with Crippen molar-refractivity contribution in [2.75, 3.05) is 17.6 Å². The number of phosphoric acid groups is 1. The molecule has 0 aliphatic rings. The number of hydrogen-bond acceptors (Lipinski definition) is 4. The van der Waals surface area contributed by atoms with E-state index in [0.717, 1.165) is 0 Å². The standard InChI is InChI=1S/C11H20Cl5O4P/c1-8(5-12)18-21(17,19-9(2)6-13)20-11(15,16)10(3,4)7-14/h8-9H,5-7H2,1-4H3. The summed E-state index contributed by atoms with van der Waals surface area (Å²) in [5, 5.41) is 0. The summed E-state index contributed by atoms with van der Waals surface area (Å²) in [6.45, 7) is 6.52. The topological polar surface area (TPSA) is 44.8 Å². The second-order valence-electron chi connectivity index (χ2n) is 5.21. The van der Waals surface area contributed by atoms with Crippen LogP contribution in [0.4, 0.5) is 0 Å². The molecule has 0 spiro atoms. The minimum Gasteiger partial charge on any atom is -0.282 e. The van der Waals surface area contributed by atoms with Crippen LogP contribution in [0.3, 0.4) is 0 Å². The summed E-state index contributed by atoms with van der Waals surface area (Å²) in [5.41, 5.74) is -0.908. The highest BCUT2D eigenvalue weighted by Gasteiger charge is 2.50. The molecule has 0 radical (unpaired) electrons. The monoisotopic (exact) mass is 422 g/mol. The quantitative estimate of drug-likeness (QED) is 0.329. The molecule has 0 aromatic heterocycles. The van der Waals surface area contributed by atoms with Crippen molar-refractivity contribution in [2.45, 2.75) is 44.4 Å². The molecule has 0 heterocycles. The lowest BCUT2D eigenvalue weighted by atomic mass is 9.97. The van der Waals surface area contributed by atoms with Crippen molar-refractivity contribution in [3.63, 3.8) is 0 Å². The number of halogens is 5. The molecule has 0 aromatic carbocycles. The van der Waals surface area contributed by atoms with Gasteiger partial charge in [0.05, 0.1) is 12.2 Å². The lowest BCUT2D eigenvalue weighted by Gasteiger charge is -2.37. The van der Waals surface area contributed by atoms with E-state index in [1.54, 1.807) is 27.7 Å². The predicted molar refractivity (Wildman–Crippen MR) is 90.2 cm³/mol. The van der Waals surface area contributed by atoms with Gasteiger partial charge in [0.15, 0.2) is 0 Å². The minimum atomic E-state index is -4.09. The highest BCUT2D eigenvalue weighted by atomic mass is 35.5. The van der Waals surface area contributed by atoms with Crippen molar-refractivity contribution < 1.29 is 18.1 Å². The molecule has 21 heavy (non-hydrogen) atoms. The van der Waals surface area contributed by atoms with Crippen LogP contribution >= 0.6 is 65.8 Å². The number of hydrogen-bond donors (Lipinski definition) is 0. The maximum Gasteiger partial charge on any atom is 0.478 e. The van der Waals surface area contributed by atoms with Gasteiger partial charge in [0.2, 0.25) is 4.52 Å².